The fourth-order valence-electron chi connectivity index (χ4n) is 1.23. The highest BCUT2D eigenvalue weighted by atomic mass is 16.6. The Kier molecular flexibility index (Phi) is 4.13. The van der Waals surface area contributed by atoms with E-state index in [-0.39, 0.29) is 5.91 Å². The summed E-state index contributed by atoms with van der Waals surface area (Å²) < 4.78 is 0. The van der Waals surface area contributed by atoms with Gasteiger partial charge in [-0.3, -0.25) is 9.63 Å². The summed E-state index contributed by atoms with van der Waals surface area (Å²) in [5.41, 5.74) is 4.56. The van der Waals surface area contributed by atoms with Crippen LogP contribution in [0.2, 0.25) is 0 Å². The van der Waals surface area contributed by atoms with Crippen LogP contribution in [0.15, 0.2) is 24.3 Å². The van der Waals surface area contributed by atoms with E-state index in [9.17, 15) is 4.79 Å². The van der Waals surface area contributed by atoms with E-state index in [2.05, 4.69) is 17.2 Å². The molecule has 1 rings (SSSR count). The molecule has 0 aliphatic rings. The summed E-state index contributed by atoms with van der Waals surface area (Å²) >= 11 is 0. The zero-order chi connectivity index (χ0) is 10.4. The van der Waals surface area contributed by atoms with E-state index >= 15 is 0 Å². The monoisotopic (exact) mass is 193 g/mol. The third-order valence-electron chi connectivity index (χ3n) is 2.01. The lowest BCUT2D eigenvalue weighted by Gasteiger charge is -2.03. The second-order valence-electron chi connectivity index (χ2n) is 3.08. The average molecular weight is 193 g/mol. The molecule has 0 bridgehead atoms. The van der Waals surface area contributed by atoms with Gasteiger partial charge < -0.3 is 0 Å². The maximum atomic E-state index is 11.1. The summed E-state index contributed by atoms with van der Waals surface area (Å²) in [6.07, 6.45) is 1.38. The minimum Gasteiger partial charge on any atom is -0.277 e. The van der Waals surface area contributed by atoms with Crippen LogP contribution in [0.3, 0.4) is 0 Å². The molecule has 0 saturated carbocycles. The van der Waals surface area contributed by atoms with Crippen LogP contribution in [-0.4, -0.2) is 13.0 Å². The Hall–Kier alpha value is -1.35. The normalized spacial score (nSPS) is 9.86. The van der Waals surface area contributed by atoms with Crippen LogP contribution in [0, 0.1) is 0 Å². The molecule has 76 valence electrons. The standard InChI is InChI=1S/C11H15NO2/c1-3-9-4-6-10(7-5-9)8-11(13)12-14-2/h4-7H,3,8H2,1-2H3,(H,12,13). The summed E-state index contributed by atoms with van der Waals surface area (Å²) in [5.74, 6) is -0.128. The molecule has 0 aromatic heterocycles. The van der Waals surface area contributed by atoms with Gasteiger partial charge in [0.15, 0.2) is 0 Å². The van der Waals surface area contributed by atoms with Gasteiger partial charge in [0.25, 0.3) is 0 Å². The molecule has 0 aliphatic heterocycles. The first-order chi connectivity index (χ1) is 6.76. The number of benzene rings is 1. The molecule has 3 nitrogen and oxygen atoms in total. The largest absolute Gasteiger partial charge is 0.277 e. The van der Waals surface area contributed by atoms with Gasteiger partial charge in [0.1, 0.15) is 0 Å². The molecule has 0 radical (unpaired) electrons. The molecular formula is C11H15NO2. The van der Waals surface area contributed by atoms with Crippen LogP contribution in [0.4, 0.5) is 0 Å². The summed E-state index contributed by atoms with van der Waals surface area (Å²) in [6, 6.07) is 8.01. The zero-order valence-corrected chi connectivity index (χ0v) is 8.54. The third kappa shape index (κ3) is 3.18. The van der Waals surface area contributed by atoms with Gasteiger partial charge in [-0.05, 0) is 17.5 Å². The van der Waals surface area contributed by atoms with Gasteiger partial charge in [0, 0.05) is 0 Å². The fraction of sp³-hybridized carbons (Fsp3) is 0.364. The van der Waals surface area contributed by atoms with Crippen molar-refractivity contribution in [1.29, 1.82) is 0 Å². The number of aryl methyl sites for hydroxylation is 1. The van der Waals surface area contributed by atoms with Gasteiger partial charge in [-0.15, -0.1) is 0 Å². The van der Waals surface area contributed by atoms with Crippen molar-refractivity contribution in [1.82, 2.24) is 5.48 Å². The van der Waals surface area contributed by atoms with Crippen LogP contribution in [0.5, 0.6) is 0 Å². The van der Waals surface area contributed by atoms with Gasteiger partial charge in [-0.25, -0.2) is 5.48 Å². The summed E-state index contributed by atoms with van der Waals surface area (Å²) in [7, 11) is 1.43. The second-order valence-corrected chi connectivity index (χ2v) is 3.08. The summed E-state index contributed by atoms with van der Waals surface area (Å²) in [5, 5.41) is 0. The van der Waals surface area contributed by atoms with Crippen molar-refractivity contribution in [3.63, 3.8) is 0 Å². The van der Waals surface area contributed by atoms with Crippen LogP contribution in [0.1, 0.15) is 18.1 Å². The van der Waals surface area contributed by atoms with E-state index in [1.54, 1.807) is 0 Å². The quantitative estimate of drug-likeness (QED) is 0.735. The highest BCUT2D eigenvalue weighted by molar-refractivity contribution is 5.77. The zero-order valence-electron chi connectivity index (χ0n) is 8.54. The molecule has 0 unspecified atom stereocenters. The number of hydroxylamine groups is 1. The number of hydrogen-bond donors (Lipinski definition) is 1. The van der Waals surface area contributed by atoms with Crippen molar-refractivity contribution in [2.24, 2.45) is 0 Å². The Morgan fingerprint density at radius 1 is 1.29 bits per heavy atom. The Labute approximate surface area is 84.0 Å². The topological polar surface area (TPSA) is 38.3 Å². The molecule has 1 aromatic carbocycles. The summed E-state index contributed by atoms with van der Waals surface area (Å²) in [6.45, 7) is 2.10. The molecule has 3 heteroatoms. The van der Waals surface area contributed by atoms with Crippen molar-refractivity contribution in [2.75, 3.05) is 7.11 Å². The van der Waals surface area contributed by atoms with E-state index in [4.69, 9.17) is 0 Å². The molecule has 0 aliphatic carbocycles. The maximum absolute atomic E-state index is 11.1. The Balaban J connectivity index is 2.55. The lowest BCUT2D eigenvalue weighted by Crippen LogP contribution is -2.23. The smallest absolute Gasteiger partial charge is 0.247 e. The maximum Gasteiger partial charge on any atom is 0.247 e. The lowest BCUT2D eigenvalue weighted by molar-refractivity contribution is -0.130. The first kappa shape index (κ1) is 10.7. The van der Waals surface area contributed by atoms with Gasteiger partial charge in [-0.2, -0.15) is 0 Å². The van der Waals surface area contributed by atoms with E-state index in [1.165, 1.54) is 12.7 Å². The minimum atomic E-state index is -0.128. The van der Waals surface area contributed by atoms with Crippen LogP contribution >= 0.6 is 0 Å². The second kappa shape index (κ2) is 5.40. The molecule has 14 heavy (non-hydrogen) atoms. The van der Waals surface area contributed by atoms with Crippen molar-refractivity contribution >= 4 is 5.91 Å². The van der Waals surface area contributed by atoms with Crippen molar-refractivity contribution in [2.45, 2.75) is 19.8 Å². The van der Waals surface area contributed by atoms with Crippen LogP contribution < -0.4 is 5.48 Å². The molecule has 1 amide bonds. The average Bonchev–Trinajstić information content (AvgIpc) is 2.19. The molecular weight excluding hydrogens is 178 g/mol. The van der Waals surface area contributed by atoms with E-state index in [0.717, 1.165) is 12.0 Å². The molecule has 0 heterocycles. The highest BCUT2D eigenvalue weighted by Crippen LogP contribution is 2.05. The van der Waals surface area contributed by atoms with E-state index < -0.39 is 0 Å². The summed E-state index contributed by atoms with van der Waals surface area (Å²) in [4.78, 5) is 15.7. The molecule has 0 spiro atoms. The Morgan fingerprint density at radius 3 is 2.36 bits per heavy atom. The number of carbonyl (C=O) groups excluding carboxylic acids is 1. The minimum absolute atomic E-state index is 0.128. The SMILES string of the molecule is CCc1ccc(CC(=O)NOC)cc1. The van der Waals surface area contributed by atoms with Crippen molar-refractivity contribution < 1.29 is 9.63 Å². The first-order valence-corrected chi connectivity index (χ1v) is 4.66. The lowest BCUT2D eigenvalue weighted by atomic mass is 10.1. The van der Waals surface area contributed by atoms with Crippen LogP contribution in [-0.2, 0) is 22.5 Å². The number of amides is 1. The van der Waals surface area contributed by atoms with E-state index in [0.29, 0.717) is 6.42 Å². The molecule has 0 saturated heterocycles. The fourth-order valence-corrected chi connectivity index (χ4v) is 1.23. The highest BCUT2D eigenvalue weighted by Gasteiger charge is 2.01. The Bertz CT molecular complexity index is 293. The molecule has 1 aromatic rings. The van der Waals surface area contributed by atoms with Gasteiger partial charge in [0.05, 0.1) is 13.5 Å². The van der Waals surface area contributed by atoms with Crippen molar-refractivity contribution in [3.05, 3.63) is 35.4 Å². The van der Waals surface area contributed by atoms with Gasteiger partial charge in [0.2, 0.25) is 5.91 Å². The number of hydrogen-bond acceptors (Lipinski definition) is 2. The predicted molar refractivity (Wildman–Crippen MR) is 54.7 cm³/mol. The third-order valence-corrected chi connectivity index (χ3v) is 2.01. The van der Waals surface area contributed by atoms with E-state index in [1.807, 2.05) is 24.3 Å². The van der Waals surface area contributed by atoms with Crippen molar-refractivity contribution in [3.8, 4) is 0 Å². The molecule has 0 fully saturated rings. The van der Waals surface area contributed by atoms with Gasteiger partial charge in [-0.1, -0.05) is 31.2 Å². The number of rotatable bonds is 4. The predicted octanol–water partition coefficient (Wildman–Crippen LogP) is 1.47. The number of carbonyl (C=O) groups is 1. The molecule has 0 atom stereocenters. The molecule has 1 N–H and O–H groups in total. The first-order valence-electron chi connectivity index (χ1n) is 4.66. The van der Waals surface area contributed by atoms with Crippen LogP contribution in [0.25, 0.3) is 0 Å². The van der Waals surface area contributed by atoms with Gasteiger partial charge >= 0.3 is 0 Å². The Morgan fingerprint density at radius 2 is 1.86 bits per heavy atom. The number of nitrogens with one attached hydrogen (secondary N) is 1.